The highest BCUT2D eigenvalue weighted by molar-refractivity contribution is 7.99. The van der Waals surface area contributed by atoms with Crippen LogP contribution in [0.3, 0.4) is 0 Å². The highest BCUT2D eigenvalue weighted by Crippen LogP contribution is 2.31. The van der Waals surface area contributed by atoms with Crippen LogP contribution in [-0.2, 0) is 6.42 Å². The highest BCUT2D eigenvalue weighted by atomic mass is 35.5. The summed E-state index contributed by atoms with van der Waals surface area (Å²) in [5.74, 6) is 1.64. The number of nitrogens with one attached hydrogen (secondary N) is 2. The molecule has 3 rings (SSSR count). The molecule has 11 heteroatoms. The van der Waals surface area contributed by atoms with Crippen LogP contribution >= 0.6 is 34.7 Å². The summed E-state index contributed by atoms with van der Waals surface area (Å²) in [5.41, 5.74) is 1.89. The van der Waals surface area contributed by atoms with Crippen LogP contribution in [0.4, 0.5) is 4.79 Å². The number of benzene rings is 2. The summed E-state index contributed by atoms with van der Waals surface area (Å²) < 4.78 is 0.561. The number of carboxylic acid groups (broad SMARTS) is 1. The zero-order valence-electron chi connectivity index (χ0n) is 18.5. The van der Waals surface area contributed by atoms with Gasteiger partial charge in [0.2, 0.25) is 0 Å². The molecule has 0 aliphatic carbocycles. The number of phenolic OH excluding ortho intramolecular Hbond substituents is 1. The quantitative estimate of drug-likeness (QED) is 0.214. The van der Waals surface area contributed by atoms with Crippen molar-refractivity contribution in [3.63, 3.8) is 0 Å². The van der Waals surface area contributed by atoms with Crippen LogP contribution in [0.5, 0.6) is 5.75 Å². The molecule has 0 bridgehead atoms. The predicted octanol–water partition coefficient (Wildman–Crippen LogP) is 3.92. The van der Waals surface area contributed by atoms with E-state index in [1.807, 2.05) is 18.2 Å². The fraction of sp³-hybridized carbons (Fsp3) is 0.391. The van der Waals surface area contributed by atoms with Crippen LogP contribution < -0.4 is 10.2 Å². The maximum absolute atomic E-state index is 11.6. The maximum atomic E-state index is 11.6. The molecule has 1 aromatic heterocycles. The molecule has 0 saturated carbocycles. The van der Waals surface area contributed by atoms with Gasteiger partial charge in [-0.1, -0.05) is 47.2 Å². The fourth-order valence-electron chi connectivity index (χ4n) is 3.51. The van der Waals surface area contributed by atoms with E-state index in [9.17, 15) is 24.9 Å². The summed E-state index contributed by atoms with van der Waals surface area (Å²) in [4.78, 5) is 26.8. The van der Waals surface area contributed by atoms with Gasteiger partial charge < -0.3 is 30.5 Å². The van der Waals surface area contributed by atoms with Gasteiger partial charge in [-0.3, -0.25) is 4.79 Å². The molecule has 0 spiro atoms. The van der Waals surface area contributed by atoms with Gasteiger partial charge in [-0.15, -0.1) is 0 Å². The van der Waals surface area contributed by atoms with Crippen LogP contribution in [0, 0.1) is 0 Å². The first-order valence-electron chi connectivity index (χ1n) is 10.9. The third-order valence-corrected chi connectivity index (χ3v) is 7.67. The minimum absolute atomic E-state index is 0.0148. The van der Waals surface area contributed by atoms with Crippen molar-refractivity contribution in [3.8, 4) is 5.75 Å². The van der Waals surface area contributed by atoms with Crippen molar-refractivity contribution in [3.05, 3.63) is 62.2 Å². The van der Waals surface area contributed by atoms with Gasteiger partial charge in [-0.05, 0) is 36.3 Å². The molecule has 1 heterocycles. The Hall–Kier alpha value is -2.24. The van der Waals surface area contributed by atoms with Crippen molar-refractivity contribution in [1.29, 1.82) is 0 Å². The minimum atomic E-state index is -0.927. The van der Waals surface area contributed by atoms with Crippen molar-refractivity contribution >= 4 is 51.0 Å². The smallest absolute Gasteiger partial charge is 0.407 e. The summed E-state index contributed by atoms with van der Waals surface area (Å²) in [7, 11) is 0. The number of amides is 1. The van der Waals surface area contributed by atoms with Gasteiger partial charge in [0.15, 0.2) is 0 Å². The Bertz CT molecular complexity index is 1150. The Kier molecular flexibility index (Phi) is 10.1. The second-order valence-corrected chi connectivity index (χ2v) is 10.3. The van der Waals surface area contributed by atoms with E-state index in [1.165, 1.54) is 11.0 Å². The van der Waals surface area contributed by atoms with Crippen molar-refractivity contribution in [1.82, 2.24) is 15.2 Å². The zero-order chi connectivity index (χ0) is 24.5. The number of thioether (sulfide) groups is 1. The van der Waals surface area contributed by atoms with Crippen molar-refractivity contribution in [2.24, 2.45) is 0 Å². The largest absolute Gasteiger partial charge is 0.506 e. The first kappa shape index (κ1) is 26.4. The molecule has 0 aliphatic rings. The van der Waals surface area contributed by atoms with Gasteiger partial charge in [0, 0.05) is 42.5 Å². The number of halogens is 1. The van der Waals surface area contributed by atoms with E-state index in [4.69, 9.17) is 11.6 Å². The lowest BCUT2D eigenvalue weighted by Crippen LogP contribution is -2.32. The number of aliphatic hydroxyl groups is 1. The summed E-state index contributed by atoms with van der Waals surface area (Å²) in [6.07, 6.45) is -0.400. The van der Waals surface area contributed by atoms with Gasteiger partial charge in [0.25, 0.3) is 0 Å². The number of aromatic nitrogens is 1. The average Bonchev–Trinajstić information content (AvgIpc) is 3.20. The second-order valence-electron chi connectivity index (χ2n) is 7.69. The molecule has 0 fully saturated rings. The van der Waals surface area contributed by atoms with Crippen molar-refractivity contribution in [2.75, 3.05) is 37.7 Å². The van der Waals surface area contributed by atoms with Crippen LogP contribution in [0.1, 0.15) is 23.7 Å². The Morgan fingerprint density at radius 2 is 2.00 bits per heavy atom. The highest BCUT2D eigenvalue weighted by Gasteiger charge is 2.16. The number of carbonyl (C=O) groups is 1. The Morgan fingerprint density at radius 3 is 2.76 bits per heavy atom. The standard InChI is InChI=1S/C23H28ClN3O5S2/c24-17-5-2-1-4-15(17)8-11-27(23(31)32)10-3-12-33-13-9-25-14-19(29)16-6-7-18(28)20-21(16)34-22(30)26-20/h1-2,4-7,19,25,28-29H,3,8-14H2,(H,26,30)(H,31,32)/t19-/m0/s1. The molecular weight excluding hydrogens is 498 g/mol. The lowest BCUT2D eigenvalue weighted by Gasteiger charge is -2.19. The van der Waals surface area contributed by atoms with Gasteiger partial charge in [0.05, 0.1) is 10.8 Å². The van der Waals surface area contributed by atoms with Gasteiger partial charge in [0.1, 0.15) is 11.3 Å². The molecule has 2 aromatic carbocycles. The number of hydrogen-bond acceptors (Lipinski definition) is 7. The van der Waals surface area contributed by atoms with E-state index in [-0.39, 0.29) is 10.6 Å². The Balaban J connectivity index is 1.32. The minimum Gasteiger partial charge on any atom is -0.506 e. The lowest BCUT2D eigenvalue weighted by atomic mass is 10.1. The normalized spacial score (nSPS) is 12.2. The number of nitrogens with zero attached hydrogens (tertiary/aromatic N) is 1. The number of rotatable bonds is 13. The molecule has 0 aliphatic heterocycles. The van der Waals surface area contributed by atoms with Gasteiger partial charge in [-0.25, -0.2) is 4.79 Å². The molecule has 1 atom stereocenters. The first-order chi connectivity index (χ1) is 16.4. The van der Waals surface area contributed by atoms with Gasteiger partial charge >= 0.3 is 11.0 Å². The molecule has 184 valence electrons. The maximum Gasteiger partial charge on any atom is 0.407 e. The molecular formula is C23H28ClN3O5S2. The Morgan fingerprint density at radius 1 is 1.21 bits per heavy atom. The number of phenols is 1. The summed E-state index contributed by atoms with van der Waals surface area (Å²) in [5, 5.41) is 33.6. The number of aliphatic hydroxyl groups excluding tert-OH is 1. The number of hydrogen-bond donors (Lipinski definition) is 5. The number of aromatic amines is 1. The first-order valence-corrected chi connectivity index (χ1v) is 13.2. The number of thiazole rings is 1. The van der Waals surface area contributed by atoms with Crippen LogP contribution in [0.15, 0.2) is 41.2 Å². The van der Waals surface area contributed by atoms with Gasteiger partial charge in [-0.2, -0.15) is 11.8 Å². The molecule has 34 heavy (non-hydrogen) atoms. The molecule has 8 nitrogen and oxygen atoms in total. The molecule has 0 unspecified atom stereocenters. The summed E-state index contributed by atoms with van der Waals surface area (Å²) in [6, 6.07) is 10.6. The van der Waals surface area contributed by atoms with E-state index in [0.717, 1.165) is 34.8 Å². The van der Waals surface area contributed by atoms with E-state index in [2.05, 4.69) is 10.3 Å². The van der Waals surface area contributed by atoms with Crippen LogP contribution in [0.2, 0.25) is 5.02 Å². The molecule has 3 aromatic rings. The predicted molar refractivity (Wildman–Crippen MR) is 139 cm³/mol. The van der Waals surface area contributed by atoms with E-state index in [0.29, 0.717) is 53.4 Å². The molecule has 0 saturated heterocycles. The van der Waals surface area contributed by atoms with Crippen molar-refractivity contribution in [2.45, 2.75) is 18.9 Å². The van der Waals surface area contributed by atoms with E-state index >= 15 is 0 Å². The zero-order valence-corrected chi connectivity index (χ0v) is 20.9. The summed E-state index contributed by atoms with van der Waals surface area (Å²) >= 11 is 8.83. The SMILES string of the molecule is O=C(O)N(CCCSCCNC[C@H](O)c1ccc(O)c2[nH]c(=O)sc12)CCc1ccccc1Cl. The summed E-state index contributed by atoms with van der Waals surface area (Å²) in [6.45, 7) is 1.88. The van der Waals surface area contributed by atoms with E-state index in [1.54, 1.807) is 23.9 Å². The molecule has 5 N–H and O–H groups in total. The topological polar surface area (TPSA) is 126 Å². The third-order valence-electron chi connectivity index (χ3n) is 5.30. The molecule has 1 amide bonds. The monoisotopic (exact) mass is 525 g/mol. The molecule has 0 radical (unpaired) electrons. The van der Waals surface area contributed by atoms with Crippen LogP contribution in [-0.4, -0.2) is 69.0 Å². The van der Waals surface area contributed by atoms with E-state index < -0.39 is 12.2 Å². The Labute approximate surface area is 210 Å². The van der Waals surface area contributed by atoms with Crippen molar-refractivity contribution < 1.29 is 20.1 Å². The fourth-order valence-corrected chi connectivity index (χ4v) is 5.49. The number of fused-ring (bicyclic) bond motifs is 1. The average molecular weight is 526 g/mol. The second kappa shape index (κ2) is 13.0. The lowest BCUT2D eigenvalue weighted by molar-refractivity contribution is 0.146. The van der Waals surface area contributed by atoms with Crippen LogP contribution in [0.25, 0.3) is 10.2 Å². The third kappa shape index (κ3) is 7.38. The number of aromatic hydroxyl groups is 1. The number of H-pyrrole nitrogens is 1.